The van der Waals surface area contributed by atoms with Crippen molar-refractivity contribution in [1.29, 1.82) is 0 Å². The first-order valence-corrected chi connectivity index (χ1v) is 7.02. The number of amides is 1. The molecule has 1 amide bonds. The van der Waals surface area contributed by atoms with Crippen LogP contribution in [0.4, 0.5) is 5.82 Å². The molecule has 8 heteroatoms. The van der Waals surface area contributed by atoms with Gasteiger partial charge >= 0.3 is 0 Å². The van der Waals surface area contributed by atoms with Gasteiger partial charge in [-0.05, 0) is 28.4 Å². The monoisotopic (exact) mass is 338 g/mol. The maximum atomic E-state index is 12.2. The molecule has 7 nitrogen and oxygen atoms in total. The average Bonchev–Trinajstić information content (AvgIpc) is 2.96. The Morgan fingerprint density at radius 1 is 1.45 bits per heavy atom. The summed E-state index contributed by atoms with van der Waals surface area (Å²) in [4.78, 5) is 20.4. The Morgan fingerprint density at radius 3 is 3.00 bits per heavy atom. The number of nitrogens with zero attached hydrogens (tertiary/aromatic N) is 3. The molecule has 20 heavy (non-hydrogen) atoms. The van der Waals surface area contributed by atoms with Crippen molar-refractivity contribution >= 4 is 27.7 Å². The van der Waals surface area contributed by atoms with E-state index in [2.05, 4.69) is 53.7 Å². The van der Waals surface area contributed by atoms with E-state index in [-0.39, 0.29) is 5.91 Å². The first-order chi connectivity index (χ1) is 9.70. The number of anilines is 1. The summed E-state index contributed by atoms with van der Waals surface area (Å²) in [6.45, 7) is 3.10. The number of rotatable bonds is 6. The van der Waals surface area contributed by atoms with Gasteiger partial charge in [0, 0.05) is 17.2 Å². The van der Waals surface area contributed by atoms with E-state index < -0.39 is 0 Å². The Kier molecular flexibility index (Phi) is 5.05. The fourth-order valence-corrected chi connectivity index (χ4v) is 1.90. The molecule has 0 bridgehead atoms. The second-order valence-corrected chi connectivity index (χ2v) is 5.01. The average molecular weight is 339 g/mol. The van der Waals surface area contributed by atoms with Crippen LogP contribution in [0.3, 0.4) is 0 Å². The number of hydrogen-bond acceptors (Lipinski definition) is 5. The Bertz CT molecular complexity index is 571. The van der Waals surface area contributed by atoms with Gasteiger partial charge in [0.25, 0.3) is 5.91 Å². The Hall–Kier alpha value is -1.96. The van der Waals surface area contributed by atoms with Gasteiger partial charge in [-0.3, -0.25) is 9.89 Å². The molecule has 0 saturated heterocycles. The lowest BCUT2D eigenvalue weighted by Gasteiger charge is -2.10. The third-order valence-corrected chi connectivity index (χ3v) is 2.96. The number of carbonyl (C=O) groups is 1. The van der Waals surface area contributed by atoms with Gasteiger partial charge in [0.05, 0.1) is 12.1 Å². The lowest BCUT2D eigenvalue weighted by atomic mass is 10.2. The number of nitrogens with one attached hydrogen (secondary N) is 3. The fraction of sp³-hybridized carbons (Fsp3) is 0.333. The van der Waals surface area contributed by atoms with Gasteiger partial charge in [0.15, 0.2) is 0 Å². The van der Waals surface area contributed by atoms with E-state index in [4.69, 9.17) is 0 Å². The summed E-state index contributed by atoms with van der Waals surface area (Å²) < 4.78 is 0.754. The molecule has 2 rings (SSSR count). The van der Waals surface area contributed by atoms with E-state index in [1.54, 1.807) is 12.3 Å². The molecular formula is C12H15BrN6O. The third kappa shape index (κ3) is 3.77. The molecule has 106 valence electrons. The van der Waals surface area contributed by atoms with E-state index in [9.17, 15) is 4.79 Å². The lowest BCUT2D eigenvalue weighted by Crippen LogP contribution is -2.25. The van der Waals surface area contributed by atoms with Crippen LogP contribution in [0.2, 0.25) is 0 Å². The molecule has 0 radical (unpaired) electrons. The van der Waals surface area contributed by atoms with Gasteiger partial charge in [-0.15, -0.1) is 0 Å². The third-order valence-electron chi connectivity index (χ3n) is 2.52. The SMILES string of the molecule is CCCNc1ncc(Br)cc1C(=O)NCc1ncn[nH]1. The number of H-pyrrole nitrogens is 1. The van der Waals surface area contributed by atoms with E-state index in [0.717, 1.165) is 17.4 Å². The highest BCUT2D eigenvalue weighted by atomic mass is 79.9. The van der Waals surface area contributed by atoms with Crippen molar-refractivity contribution in [3.63, 3.8) is 0 Å². The molecular weight excluding hydrogens is 324 g/mol. The molecule has 0 aliphatic rings. The summed E-state index contributed by atoms with van der Waals surface area (Å²) >= 11 is 3.32. The summed E-state index contributed by atoms with van der Waals surface area (Å²) in [5, 5.41) is 12.3. The van der Waals surface area contributed by atoms with Crippen molar-refractivity contribution in [2.24, 2.45) is 0 Å². The van der Waals surface area contributed by atoms with Crippen LogP contribution in [0.25, 0.3) is 0 Å². The van der Waals surface area contributed by atoms with Crippen LogP contribution >= 0.6 is 15.9 Å². The molecule has 0 fully saturated rings. The molecule has 2 aromatic heterocycles. The first-order valence-electron chi connectivity index (χ1n) is 6.22. The molecule has 2 heterocycles. The molecule has 0 unspecified atom stereocenters. The van der Waals surface area contributed by atoms with E-state index in [1.807, 2.05) is 0 Å². The maximum absolute atomic E-state index is 12.2. The summed E-state index contributed by atoms with van der Waals surface area (Å²) in [5.74, 6) is 0.961. The van der Waals surface area contributed by atoms with Crippen molar-refractivity contribution in [2.45, 2.75) is 19.9 Å². The summed E-state index contributed by atoms with van der Waals surface area (Å²) in [7, 11) is 0. The van der Waals surface area contributed by atoms with Gasteiger partial charge in [-0.2, -0.15) is 5.10 Å². The van der Waals surface area contributed by atoms with Gasteiger partial charge < -0.3 is 10.6 Å². The van der Waals surface area contributed by atoms with Crippen molar-refractivity contribution in [1.82, 2.24) is 25.5 Å². The van der Waals surface area contributed by atoms with Crippen molar-refractivity contribution in [3.05, 3.63) is 34.5 Å². The Balaban J connectivity index is 2.08. The van der Waals surface area contributed by atoms with Crippen LogP contribution in [0.5, 0.6) is 0 Å². The highest BCUT2D eigenvalue weighted by molar-refractivity contribution is 9.10. The molecule has 0 aliphatic heterocycles. The first kappa shape index (κ1) is 14.4. The molecule has 0 aliphatic carbocycles. The molecule has 0 saturated carbocycles. The van der Waals surface area contributed by atoms with Crippen LogP contribution in [-0.4, -0.2) is 32.6 Å². The molecule has 0 spiro atoms. The Labute approximate surface area is 124 Å². The Morgan fingerprint density at radius 2 is 2.30 bits per heavy atom. The minimum atomic E-state index is -0.214. The second-order valence-electron chi connectivity index (χ2n) is 4.09. The van der Waals surface area contributed by atoms with Crippen molar-refractivity contribution < 1.29 is 4.79 Å². The zero-order valence-electron chi connectivity index (χ0n) is 11.0. The summed E-state index contributed by atoms with van der Waals surface area (Å²) in [5.41, 5.74) is 0.493. The number of pyridine rings is 1. The van der Waals surface area contributed by atoms with Crippen LogP contribution in [-0.2, 0) is 6.54 Å². The van der Waals surface area contributed by atoms with E-state index in [0.29, 0.717) is 23.8 Å². The van der Waals surface area contributed by atoms with Gasteiger partial charge in [-0.25, -0.2) is 9.97 Å². The summed E-state index contributed by atoms with van der Waals surface area (Å²) in [6.07, 6.45) is 4.01. The van der Waals surface area contributed by atoms with Gasteiger partial charge in [0.1, 0.15) is 18.0 Å². The lowest BCUT2D eigenvalue weighted by molar-refractivity contribution is 0.0950. The van der Waals surface area contributed by atoms with Crippen LogP contribution in [0.1, 0.15) is 29.5 Å². The predicted octanol–water partition coefficient (Wildman–Crippen LogP) is 1.71. The number of carbonyl (C=O) groups excluding carboxylic acids is 1. The number of hydrogen-bond donors (Lipinski definition) is 3. The highest BCUT2D eigenvalue weighted by Gasteiger charge is 2.13. The largest absolute Gasteiger partial charge is 0.369 e. The van der Waals surface area contributed by atoms with E-state index >= 15 is 0 Å². The number of aromatic nitrogens is 4. The second kappa shape index (κ2) is 6.99. The van der Waals surface area contributed by atoms with Crippen molar-refractivity contribution in [2.75, 3.05) is 11.9 Å². The quantitative estimate of drug-likeness (QED) is 0.745. The maximum Gasteiger partial charge on any atom is 0.255 e. The zero-order valence-corrected chi connectivity index (χ0v) is 12.6. The molecule has 2 aromatic rings. The highest BCUT2D eigenvalue weighted by Crippen LogP contribution is 2.18. The van der Waals surface area contributed by atoms with E-state index in [1.165, 1.54) is 6.33 Å². The molecule has 0 aromatic carbocycles. The van der Waals surface area contributed by atoms with Crippen molar-refractivity contribution in [3.8, 4) is 0 Å². The molecule has 3 N–H and O–H groups in total. The van der Waals surface area contributed by atoms with Crippen LogP contribution in [0.15, 0.2) is 23.1 Å². The normalized spacial score (nSPS) is 10.3. The smallest absolute Gasteiger partial charge is 0.255 e. The number of aromatic amines is 1. The van der Waals surface area contributed by atoms with Gasteiger partial charge in [0.2, 0.25) is 0 Å². The predicted molar refractivity (Wildman–Crippen MR) is 78.3 cm³/mol. The fourth-order valence-electron chi connectivity index (χ4n) is 1.57. The minimum Gasteiger partial charge on any atom is -0.369 e. The number of halogens is 1. The molecule has 0 atom stereocenters. The standard InChI is InChI=1S/C12H15BrN6O/c1-2-3-14-11-9(4-8(13)5-15-11)12(20)16-6-10-17-7-18-19-10/h4-5,7H,2-3,6H2,1H3,(H,14,15)(H,16,20)(H,17,18,19). The summed E-state index contributed by atoms with van der Waals surface area (Å²) in [6, 6.07) is 1.74. The topological polar surface area (TPSA) is 95.6 Å². The van der Waals surface area contributed by atoms with Crippen LogP contribution in [0, 0.1) is 0 Å². The van der Waals surface area contributed by atoms with Crippen LogP contribution < -0.4 is 10.6 Å². The van der Waals surface area contributed by atoms with Gasteiger partial charge in [-0.1, -0.05) is 6.92 Å². The minimum absolute atomic E-state index is 0.214. The zero-order chi connectivity index (χ0) is 14.4.